The van der Waals surface area contributed by atoms with Crippen LogP contribution in [0.1, 0.15) is 15.9 Å². The first kappa shape index (κ1) is 24.7. The first-order valence-electron chi connectivity index (χ1n) is 10.1. The summed E-state index contributed by atoms with van der Waals surface area (Å²) in [7, 11) is 0. The lowest BCUT2D eigenvalue weighted by atomic mass is 10.2. The average Bonchev–Trinajstić information content (AvgIpc) is 2.83. The third-order valence-electron chi connectivity index (χ3n) is 4.92. The number of hydrogen-bond acceptors (Lipinski definition) is 6. The highest BCUT2D eigenvalue weighted by atomic mass is 35.5. The summed E-state index contributed by atoms with van der Waals surface area (Å²) < 4.78 is 45.3. The van der Waals surface area contributed by atoms with Crippen molar-refractivity contribution in [2.45, 2.75) is 12.7 Å². The van der Waals surface area contributed by atoms with Crippen LogP contribution in [0.3, 0.4) is 0 Å². The summed E-state index contributed by atoms with van der Waals surface area (Å²) in [5.74, 6) is -4.67. The molecule has 4 aromatic rings. The molecule has 3 aromatic heterocycles. The highest BCUT2D eigenvalue weighted by Gasteiger charge is 2.42. The number of amides is 1. The van der Waals surface area contributed by atoms with Crippen molar-refractivity contribution in [2.75, 3.05) is 5.32 Å². The number of carbonyl (C=O) groups is 2. The normalized spacial score (nSPS) is 11.3. The van der Waals surface area contributed by atoms with Crippen molar-refractivity contribution in [3.05, 3.63) is 104 Å². The minimum Gasteiger partial charge on any atom is -0.413 e. The lowest BCUT2D eigenvalue weighted by molar-refractivity contribution is -0.189. The second-order valence-electron chi connectivity index (χ2n) is 7.40. The van der Waals surface area contributed by atoms with Gasteiger partial charge >= 0.3 is 12.1 Å². The fraction of sp³-hybridized carbons (Fsp3) is 0.0870. The van der Waals surface area contributed by atoms with Gasteiger partial charge in [0, 0.05) is 41.6 Å². The first-order valence-corrected chi connectivity index (χ1v) is 10.5. The predicted octanol–water partition coefficient (Wildman–Crippen LogP) is 3.28. The molecule has 1 amide bonds. The van der Waals surface area contributed by atoms with Gasteiger partial charge in [-0.2, -0.15) is 13.2 Å². The van der Waals surface area contributed by atoms with E-state index in [0.717, 1.165) is 15.2 Å². The van der Waals surface area contributed by atoms with E-state index in [9.17, 15) is 32.3 Å². The topological polar surface area (TPSA) is 112 Å². The molecule has 184 valence electrons. The van der Waals surface area contributed by atoms with Crippen LogP contribution < -0.4 is 21.0 Å². The molecule has 0 saturated heterocycles. The fourth-order valence-electron chi connectivity index (χ4n) is 3.28. The Labute approximate surface area is 204 Å². The van der Waals surface area contributed by atoms with E-state index in [0.29, 0.717) is 10.6 Å². The van der Waals surface area contributed by atoms with E-state index < -0.39 is 46.0 Å². The Balaban J connectivity index is 1.86. The van der Waals surface area contributed by atoms with Crippen LogP contribution in [-0.2, 0) is 11.3 Å². The molecule has 0 bridgehead atoms. The van der Waals surface area contributed by atoms with Crippen LogP contribution in [0.15, 0.2) is 77.0 Å². The third kappa shape index (κ3) is 5.13. The molecule has 0 aliphatic heterocycles. The number of carbonyl (C=O) groups excluding carboxylic acids is 2. The number of anilines is 1. The van der Waals surface area contributed by atoms with Gasteiger partial charge in [-0.15, -0.1) is 0 Å². The molecule has 0 spiro atoms. The van der Waals surface area contributed by atoms with Crippen molar-refractivity contribution < 1.29 is 27.5 Å². The van der Waals surface area contributed by atoms with Crippen LogP contribution in [0, 0.1) is 0 Å². The highest BCUT2D eigenvalue weighted by molar-refractivity contribution is 6.30. The van der Waals surface area contributed by atoms with E-state index in [1.807, 2.05) is 0 Å². The predicted molar refractivity (Wildman–Crippen MR) is 122 cm³/mol. The van der Waals surface area contributed by atoms with Crippen molar-refractivity contribution >= 4 is 34.7 Å². The quantitative estimate of drug-likeness (QED) is 0.406. The number of halogens is 4. The average molecular weight is 519 g/mol. The summed E-state index contributed by atoms with van der Waals surface area (Å²) in [5.41, 5.74) is -2.69. The van der Waals surface area contributed by atoms with Crippen molar-refractivity contribution in [3.8, 4) is 5.75 Å². The van der Waals surface area contributed by atoms with Crippen LogP contribution in [0.25, 0.3) is 5.52 Å². The zero-order valence-corrected chi connectivity index (χ0v) is 18.7. The number of aromatic nitrogens is 3. The van der Waals surface area contributed by atoms with E-state index >= 15 is 0 Å². The van der Waals surface area contributed by atoms with Crippen molar-refractivity contribution in [1.29, 1.82) is 0 Å². The Morgan fingerprint density at radius 1 is 1.08 bits per heavy atom. The van der Waals surface area contributed by atoms with Gasteiger partial charge in [-0.3, -0.25) is 19.4 Å². The number of benzene rings is 1. The third-order valence-corrected chi connectivity index (χ3v) is 5.16. The Morgan fingerprint density at radius 3 is 2.47 bits per heavy atom. The first-order chi connectivity index (χ1) is 17.0. The Bertz CT molecular complexity index is 1600. The van der Waals surface area contributed by atoms with Gasteiger partial charge in [0.15, 0.2) is 5.52 Å². The number of pyridine rings is 2. The number of hydrogen-bond donors (Lipinski definition) is 1. The smallest absolute Gasteiger partial charge is 0.413 e. The minimum absolute atomic E-state index is 0.0444. The molecule has 0 unspecified atom stereocenters. The molecule has 3 heterocycles. The molecular weight excluding hydrogens is 505 g/mol. The van der Waals surface area contributed by atoms with Gasteiger partial charge in [0.1, 0.15) is 5.69 Å². The fourth-order valence-corrected chi connectivity index (χ4v) is 3.49. The molecule has 13 heteroatoms. The second kappa shape index (κ2) is 9.66. The zero-order valence-electron chi connectivity index (χ0n) is 18.0. The van der Waals surface area contributed by atoms with E-state index in [4.69, 9.17) is 11.6 Å². The van der Waals surface area contributed by atoms with Crippen LogP contribution in [0.4, 0.5) is 18.9 Å². The van der Waals surface area contributed by atoms with Gasteiger partial charge in [-0.25, -0.2) is 4.79 Å². The van der Waals surface area contributed by atoms with Crippen molar-refractivity contribution in [1.82, 2.24) is 14.0 Å². The van der Waals surface area contributed by atoms with E-state index in [1.165, 1.54) is 36.9 Å². The summed E-state index contributed by atoms with van der Waals surface area (Å²) in [6.45, 7) is -0.0444. The highest BCUT2D eigenvalue weighted by Crippen LogP contribution is 2.22. The molecule has 4 rings (SSSR count). The molecule has 36 heavy (non-hydrogen) atoms. The van der Waals surface area contributed by atoms with Gasteiger partial charge < -0.3 is 19.0 Å². The number of esters is 1. The molecule has 0 fully saturated rings. The number of rotatable bonds is 5. The van der Waals surface area contributed by atoms with Crippen LogP contribution in [0.5, 0.6) is 5.75 Å². The van der Waals surface area contributed by atoms with E-state index in [2.05, 4.69) is 15.0 Å². The maximum Gasteiger partial charge on any atom is 0.491 e. The molecule has 0 radical (unpaired) electrons. The lowest BCUT2D eigenvalue weighted by Crippen LogP contribution is -2.33. The number of nitrogens with zero attached hydrogens (tertiary/aromatic N) is 3. The maximum atomic E-state index is 13.2. The minimum atomic E-state index is -5.45. The Morgan fingerprint density at radius 2 is 1.81 bits per heavy atom. The molecule has 9 nitrogen and oxygen atoms in total. The van der Waals surface area contributed by atoms with Crippen molar-refractivity contribution in [2.24, 2.45) is 0 Å². The number of fused-ring (bicyclic) bond motifs is 1. The molecule has 1 N–H and O–H groups in total. The van der Waals surface area contributed by atoms with Crippen LogP contribution >= 0.6 is 11.6 Å². The van der Waals surface area contributed by atoms with Crippen LogP contribution in [-0.4, -0.2) is 32.0 Å². The Kier molecular flexibility index (Phi) is 6.62. The molecule has 0 aliphatic carbocycles. The van der Waals surface area contributed by atoms with E-state index in [-0.39, 0.29) is 12.1 Å². The molecule has 0 aliphatic rings. The summed E-state index contributed by atoms with van der Waals surface area (Å²) >= 11 is 5.96. The monoisotopic (exact) mass is 518 g/mol. The summed E-state index contributed by atoms with van der Waals surface area (Å²) in [4.78, 5) is 54.1. The summed E-state index contributed by atoms with van der Waals surface area (Å²) in [6, 6.07) is 9.18. The van der Waals surface area contributed by atoms with Crippen LogP contribution in [0.2, 0.25) is 5.02 Å². The van der Waals surface area contributed by atoms with Crippen molar-refractivity contribution in [3.63, 3.8) is 0 Å². The second-order valence-corrected chi connectivity index (χ2v) is 7.83. The molecule has 1 aromatic carbocycles. The standard InChI is InChI=1S/C23H14ClF3N4O5/c24-15-3-1-2-13(10-15)11-31-9-8-30-12-16(29-20(33)14-4-6-28-7-5-14)18(32)19(17(30)21(31)34)36-22(35)23(25,26)27/h1-10,12H,11H2,(H,29,33). The van der Waals surface area contributed by atoms with Gasteiger partial charge in [-0.1, -0.05) is 23.7 Å². The number of ether oxygens (including phenoxy) is 1. The molecular formula is C23H14ClF3N4O5. The zero-order chi connectivity index (χ0) is 26.0. The number of alkyl halides is 3. The maximum absolute atomic E-state index is 13.2. The number of nitrogens with one attached hydrogen (secondary N) is 1. The van der Waals surface area contributed by atoms with Gasteiger partial charge in [0.2, 0.25) is 11.2 Å². The van der Waals surface area contributed by atoms with Gasteiger partial charge in [0.25, 0.3) is 11.5 Å². The Hall–Kier alpha value is -4.45. The van der Waals surface area contributed by atoms with Gasteiger partial charge in [0.05, 0.1) is 6.54 Å². The largest absolute Gasteiger partial charge is 0.491 e. The van der Waals surface area contributed by atoms with E-state index in [1.54, 1.807) is 24.3 Å². The SMILES string of the molecule is O=C(Nc1cn2ccn(Cc3cccc(Cl)c3)c(=O)c2c(OC(=O)C(F)(F)F)c1=O)c1ccncc1. The summed E-state index contributed by atoms with van der Waals surface area (Å²) in [6.07, 6.45) is 0.793. The summed E-state index contributed by atoms with van der Waals surface area (Å²) in [5, 5.41) is 2.65. The van der Waals surface area contributed by atoms with Gasteiger partial charge in [-0.05, 0) is 29.8 Å². The molecule has 0 atom stereocenters. The lowest BCUT2D eigenvalue weighted by Gasteiger charge is -2.14. The molecule has 0 saturated carbocycles.